The van der Waals surface area contributed by atoms with E-state index in [0.717, 1.165) is 11.1 Å². The molecule has 1 fully saturated rings. The predicted molar refractivity (Wildman–Crippen MR) is 146 cm³/mol. The molecule has 0 bridgehead atoms. The maximum absolute atomic E-state index is 14.6. The Balaban J connectivity index is 1.41. The Kier molecular flexibility index (Phi) is 6.64. The number of rotatable bonds is 4. The van der Waals surface area contributed by atoms with Crippen molar-refractivity contribution in [2.75, 3.05) is 36.4 Å². The van der Waals surface area contributed by atoms with Gasteiger partial charge in [-0.1, -0.05) is 5.92 Å². The smallest absolute Gasteiger partial charge is 0.410 e. The van der Waals surface area contributed by atoms with E-state index in [2.05, 4.69) is 26.2 Å². The highest BCUT2D eigenvalue weighted by molar-refractivity contribution is 6.14. The van der Waals surface area contributed by atoms with E-state index in [0.29, 0.717) is 48.6 Å². The van der Waals surface area contributed by atoms with Crippen LogP contribution in [0.1, 0.15) is 36.8 Å². The van der Waals surface area contributed by atoms with Gasteiger partial charge in [0.1, 0.15) is 17.7 Å². The van der Waals surface area contributed by atoms with Crippen molar-refractivity contribution in [3.63, 3.8) is 0 Å². The number of aryl methyl sites for hydroxylation is 1. The van der Waals surface area contributed by atoms with E-state index in [1.165, 1.54) is 10.5 Å². The molecular formula is C28H30FN7O3. The number of piperazine rings is 1. The van der Waals surface area contributed by atoms with Crippen molar-refractivity contribution in [1.82, 2.24) is 24.1 Å². The molecule has 1 aliphatic heterocycles. The molecule has 0 radical (unpaired) electrons. The highest BCUT2D eigenvalue weighted by Crippen LogP contribution is 2.31. The number of hydrogen-bond donors (Lipinski definition) is 1. The third-order valence-corrected chi connectivity index (χ3v) is 6.36. The Labute approximate surface area is 225 Å². The number of imidazole rings is 1. The van der Waals surface area contributed by atoms with Crippen LogP contribution in [0.2, 0.25) is 0 Å². The minimum atomic E-state index is -0.558. The first kappa shape index (κ1) is 26.0. The van der Waals surface area contributed by atoms with E-state index < -0.39 is 17.3 Å². The predicted octanol–water partition coefficient (Wildman–Crippen LogP) is 4.07. The number of benzene rings is 1. The van der Waals surface area contributed by atoms with Gasteiger partial charge in [0.2, 0.25) is 0 Å². The van der Waals surface area contributed by atoms with Crippen molar-refractivity contribution >= 4 is 39.9 Å². The number of nitrogens with zero attached hydrogens (tertiary/aromatic N) is 6. The topological polar surface area (TPSA) is 97.0 Å². The molecule has 1 aliphatic rings. The molecule has 3 aromatic heterocycles. The SMILES string of the molecule is C#CCn1cc2c(N3CCN(C(=O)OC(C)(C)C)CC3)ccc(C(=O)Nc3cc(F)c4nc(C)cn4c3)c2n1. The molecule has 39 heavy (non-hydrogen) atoms. The summed E-state index contributed by atoms with van der Waals surface area (Å²) in [6, 6.07) is 4.81. The fraction of sp³-hybridized carbons (Fsp3) is 0.357. The summed E-state index contributed by atoms with van der Waals surface area (Å²) < 4.78 is 23.2. The molecule has 11 heteroatoms. The Morgan fingerprint density at radius 2 is 1.90 bits per heavy atom. The van der Waals surface area contributed by atoms with Gasteiger partial charge in [-0.15, -0.1) is 6.42 Å². The summed E-state index contributed by atoms with van der Waals surface area (Å²) in [4.78, 5) is 33.8. The molecule has 1 saturated heterocycles. The number of amides is 2. The van der Waals surface area contributed by atoms with E-state index in [1.54, 1.807) is 35.0 Å². The van der Waals surface area contributed by atoms with Gasteiger partial charge in [-0.05, 0) is 39.8 Å². The number of anilines is 2. The zero-order valence-corrected chi connectivity index (χ0v) is 22.4. The summed E-state index contributed by atoms with van der Waals surface area (Å²) in [6.07, 6.45) is 10.3. The van der Waals surface area contributed by atoms with Crippen molar-refractivity contribution in [3.05, 3.63) is 53.9 Å². The molecule has 0 saturated carbocycles. The minimum Gasteiger partial charge on any atom is -0.444 e. The number of halogens is 1. The molecule has 0 unspecified atom stereocenters. The van der Waals surface area contributed by atoms with E-state index in [9.17, 15) is 14.0 Å². The van der Waals surface area contributed by atoms with Crippen LogP contribution in [0.5, 0.6) is 0 Å². The van der Waals surface area contributed by atoms with E-state index in [4.69, 9.17) is 11.2 Å². The zero-order valence-electron chi connectivity index (χ0n) is 22.4. The number of nitrogens with one attached hydrogen (secondary N) is 1. The van der Waals surface area contributed by atoms with Crippen molar-refractivity contribution in [3.8, 4) is 12.3 Å². The number of aromatic nitrogens is 4. The maximum Gasteiger partial charge on any atom is 0.410 e. The highest BCUT2D eigenvalue weighted by Gasteiger charge is 2.27. The molecule has 5 rings (SSSR count). The lowest BCUT2D eigenvalue weighted by Gasteiger charge is -2.37. The second-order valence-electron chi connectivity index (χ2n) is 10.5. The summed E-state index contributed by atoms with van der Waals surface area (Å²) in [7, 11) is 0. The van der Waals surface area contributed by atoms with Crippen LogP contribution in [-0.2, 0) is 11.3 Å². The van der Waals surface area contributed by atoms with Gasteiger partial charge in [0.05, 0.1) is 16.9 Å². The first-order chi connectivity index (χ1) is 18.5. The van der Waals surface area contributed by atoms with Crippen LogP contribution in [0, 0.1) is 25.1 Å². The van der Waals surface area contributed by atoms with Crippen LogP contribution in [0.4, 0.5) is 20.6 Å². The molecule has 1 aromatic carbocycles. The molecule has 2 amide bonds. The van der Waals surface area contributed by atoms with E-state index in [1.807, 2.05) is 33.0 Å². The van der Waals surface area contributed by atoms with Crippen LogP contribution in [0.3, 0.4) is 0 Å². The first-order valence-corrected chi connectivity index (χ1v) is 12.6. The summed E-state index contributed by atoms with van der Waals surface area (Å²) in [5.74, 6) is 1.61. The van der Waals surface area contributed by atoms with Gasteiger partial charge in [0, 0.05) is 61.9 Å². The van der Waals surface area contributed by atoms with Gasteiger partial charge in [0.25, 0.3) is 5.91 Å². The summed E-state index contributed by atoms with van der Waals surface area (Å²) in [5, 5.41) is 8.13. The fourth-order valence-electron chi connectivity index (χ4n) is 4.67. The summed E-state index contributed by atoms with van der Waals surface area (Å²) in [6.45, 7) is 9.71. The quantitative estimate of drug-likeness (QED) is 0.399. The lowest BCUT2D eigenvalue weighted by atomic mass is 10.1. The fourth-order valence-corrected chi connectivity index (χ4v) is 4.67. The molecule has 0 spiro atoms. The van der Waals surface area contributed by atoms with Crippen molar-refractivity contribution in [2.24, 2.45) is 0 Å². The average Bonchev–Trinajstić information content (AvgIpc) is 3.45. The largest absolute Gasteiger partial charge is 0.444 e. The standard InChI is InChI=1S/C28H30FN7O3/c1-6-9-36-17-21-23(33-10-12-34(13-11-33)27(38)39-28(3,4)5)8-7-20(24(21)32-36)26(37)31-19-14-22(29)25-30-18(2)15-35(25)16-19/h1,7-8,14-17H,9-13H2,2-5H3,(H,31,37). The average molecular weight is 532 g/mol. The van der Waals surface area contributed by atoms with Crippen molar-refractivity contribution in [2.45, 2.75) is 39.8 Å². The Hall–Kier alpha value is -4.59. The van der Waals surface area contributed by atoms with Crippen LogP contribution in [0.25, 0.3) is 16.6 Å². The number of fused-ring (bicyclic) bond motifs is 2. The molecule has 10 nitrogen and oxygen atoms in total. The van der Waals surface area contributed by atoms with Crippen LogP contribution < -0.4 is 10.2 Å². The highest BCUT2D eigenvalue weighted by atomic mass is 19.1. The third kappa shape index (κ3) is 5.36. The van der Waals surface area contributed by atoms with Crippen LogP contribution in [0.15, 0.2) is 36.8 Å². The number of pyridine rings is 1. The van der Waals surface area contributed by atoms with Gasteiger partial charge in [-0.25, -0.2) is 14.2 Å². The Morgan fingerprint density at radius 3 is 2.59 bits per heavy atom. The molecule has 4 aromatic rings. The van der Waals surface area contributed by atoms with Gasteiger partial charge in [-0.3, -0.25) is 9.48 Å². The maximum atomic E-state index is 14.6. The van der Waals surface area contributed by atoms with Gasteiger partial charge in [0.15, 0.2) is 11.5 Å². The van der Waals surface area contributed by atoms with Gasteiger partial charge in [-0.2, -0.15) is 5.10 Å². The molecular weight excluding hydrogens is 501 g/mol. The minimum absolute atomic E-state index is 0.192. The van der Waals surface area contributed by atoms with E-state index in [-0.39, 0.29) is 18.3 Å². The number of carbonyl (C=O) groups excluding carboxylic acids is 2. The lowest BCUT2D eigenvalue weighted by Crippen LogP contribution is -2.50. The van der Waals surface area contributed by atoms with Crippen LogP contribution >= 0.6 is 0 Å². The Bertz CT molecular complexity index is 1620. The normalized spacial score (nSPS) is 14.1. The van der Waals surface area contributed by atoms with Gasteiger partial charge >= 0.3 is 6.09 Å². The zero-order chi connectivity index (χ0) is 27.9. The van der Waals surface area contributed by atoms with Gasteiger partial charge < -0.3 is 24.3 Å². The van der Waals surface area contributed by atoms with Crippen LogP contribution in [-0.4, -0.2) is 67.8 Å². The number of hydrogen-bond acceptors (Lipinski definition) is 6. The monoisotopic (exact) mass is 531 g/mol. The summed E-state index contributed by atoms with van der Waals surface area (Å²) >= 11 is 0. The molecule has 0 aliphatic carbocycles. The lowest BCUT2D eigenvalue weighted by molar-refractivity contribution is 0.0240. The molecule has 4 heterocycles. The number of carbonyl (C=O) groups is 2. The first-order valence-electron chi connectivity index (χ1n) is 12.6. The Morgan fingerprint density at radius 1 is 1.15 bits per heavy atom. The third-order valence-electron chi connectivity index (χ3n) is 6.36. The number of terminal acetylenes is 1. The number of ether oxygens (including phenoxy) is 1. The second kappa shape index (κ2) is 9.94. The molecule has 1 N–H and O–H groups in total. The second-order valence-corrected chi connectivity index (χ2v) is 10.5. The van der Waals surface area contributed by atoms with Crippen molar-refractivity contribution < 1.29 is 18.7 Å². The van der Waals surface area contributed by atoms with Crippen molar-refractivity contribution in [1.29, 1.82) is 0 Å². The molecule has 202 valence electrons. The summed E-state index contributed by atoms with van der Waals surface area (Å²) in [5.41, 5.74) is 2.29. The molecule has 0 atom stereocenters. The van der Waals surface area contributed by atoms with E-state index >= 15 is 0 Å².